The molecular weight excluding hydrogens is 292 g/mol. The van der Waals surface area contributed by atoms with Crippen LogP contribution in [0.25, 0.3) is 12.2 Å². The highest BCUT2D eigenvalue weighted by molar-refractivity contribution is 6.26. The van der Waals surface area contributed by atoms with Crippen LogP contribution in [0.1, 0.15) is 11.1 Å². The van der Waals surface area contributed by atoms with Crippen LogP contribution in [0, 0.1) is 0 Å². The first-order chi connectivity index (χ1) is 10.8. The van der Waals surface area contributed by atoms with Gasteiger partial charge >= 0.3 is 9.17 Å². The van der Waals surface area contributed by atoms with Crippen molar-refractivity contribution < 1.29 is 13.3 Å². The molecule has 0 aliphatic rings. The van der Waals surface area contributed by atoms with Crippen molar-refractivity contribution in [3.8, 4) is 0 Å². The lowest BCUT2D eigenvalue weighted by Gasteiger charge is -2.01. The predicted octanol–water partition coefficient (Wildman–Crippen LogP) is 3.86. The molecular formula is C18H18O3Si. The van der Waals surface area contributed by atoms with Crippen molar-refractivity contribution in [1.29, 1.82) is 0 Å². The summed E-state index contributed by atoms with van der Waals surface area (Å²) >= 11 is 0. The molecule has 0 aliphatic carbocycles. The van der Waals surface area contributed by atoms with E-state index >= 15 is 0 Å². The van der Waals surface area contributed by atoms with Crippen LogP contribution in [0.4, 0.5) is 0 Å². The smallest absolute Gasteiger partial charge is 0.493 e. The molecule has 2 rings (SSSR count). The van der Waals surface area contributed by atoms with Gasteiger partial charge in [-0.05, 0) is 23.3 Å². The van der Waals surface area contributed by atoms with Gasteiger partial charge < -0.3 is 8.85 Å². The Morgan fingerprint density at radius 1 is 0.727 bits per heavy atom. The maximum Gasteiger partial charge on any atom is 0.767 e. The fourth-order valence-corrected chi connectivity index (χ4v) is 2.32. The summed E-state index contributed by atoms with van der Waals surface area (Å²) in [6.45, 7) is 0.546. The molecule has 0 spiro atoms. The fraction of sp³-hybridized carbons (Fsp3) is 0.111. The molecule has 0 saturated carbocycles. The SMILES string of the molecule is O=[Si](OC/C=C/c1ccccc1)OC/C=C/c1ccccc1. The summed E-state index contributed by atoms with van der Waals surface area (Å²) < 4.78 is 21.8. The highest BCUT2D eigenvalue weighted by atomic mass is 28.3. The van der Waals surface area contributed by atoms with E-state index in [9.17, 15) is 4.46 Å². The molecule has 2 aromatic rings. The summed E-state index contributed by atoms with van der Waals surface area (Å²) in [5, 5.41) is 0. The minimum absolute atomic E-state index is 0.273. The first-order valence-corrected chi connectivity index (χ1v) is 8.30. The van der Waals surface area contributed by atoms with Crippen molar-refractivity contribution >= 4 is 21.3 Å². The Morgan fingerprint density at radius 3 is 1.55 bits per heavy atom. The van der Waals surface area contributed by atoms with Crippen LogP contribution in [0.5, 0.6) is 0 Å². The zero-order chi connectivity index (χ0) is 15.5. The van der Waals surface area contributed by atoms with E-state index in [-0.39, 0.29) is 13.2 Å². The average Bonchev–Trinajstić information content (AvgIpc) is 2.57. The van der Waals surface area contributed by atoms with Gasteiger partial charge in [0, 0.05) is 0 Å². The quantitative estimate of drug-likeness (QED) is 0.695. The van der Waals surface area contributed by atoms with Gasteiger partial charge in [0.15, 0.2) is 0 Å². The third kappa shape index (κ3) is 6.32. The Balaban J connectivity index is 1.62. The molecule has 0 aliphatic heterocycles. The van der Waals surface area contributed by atoms with Gasteiger partial charge in [-0.25, -0.2) is 0 Å². The Bertz CT molecular complexity index is 566. The van der Waals surface area contributed by atoms with Crippen LogP contribution < -0.4 is 0 Å². The van der Waals surface area contributed by atoms with E-state index in [1.165, 1.54) is 0 Å². The van der Waals surface area contributed by atoms with Crippen molar-refractivity contribution in [1.82, 2.24) is 0 Å². The highest BCUT2D eigenvalue weighted by Gasteiger charge is 2.07. The first kappa shape index (κ1) is 15.9. The van der Waals surface area contributed by atoms with Crippen LogP contribution in [0.3, 0.4) is 0 Å². The number of hydrogen-bond acceptors (Lipinski definition) is 3. The van der Waals surface area contributed by atoms with Gasteiger partial charge in [0.1, 0.15) is 0 Å². The summed E-state index contributed by atoms with van der Waals surface area (Å²) in [4.78, 5) is 0. The number of benzene rings is 2. The standard InChI is InChI=1S/C18H18O3Si/c19-22(20-15-7-13-17-9-3-1-4-10-17)21-16-8-14-18-11-5-2-6-12-18/h1-14H,15-16H2/b13-7+,14-8+. The molecule has 0 amide bonds. The molecule has 2 aromatic carbocycles. The Morgan fingerprint density at radius 2 is 1.14 bits per heavy atom. The van der Waals surface area contributed by atoms with Gasteiger partial charge in [-0.3, -0.25) is 4.46 Å². The second-order valence-corrected chi connectivity index (χ2v) is 5.58. The lowest BCUT2D eigenvalue weighted by molar-refractivity contribution is 0.199. The van der Waals surface area contributed by atoms with E-state index in [1.807, 2.05) is 85.0 Å². The molecule has 0 N–H and O–H groups in total. The molecule has 112 valence electrons. The lowest BCUT2D eigenvalue weighted by Crippen LogP contribution is -2.12. The number of hydrogen-bond donors (Lipinski definition) is 0. The summed E-state index contributed by atoms with van der Waals surface area (Å²) in [5.41, 5.74) is 2.16. The average molecular weight is 310 g/mol. The van der Waals surface area contributed by atoms with E-state index in [4.69, 9.17) is 8.85 Å². The third-order valence-corrected chi connectivity index (χ3v) is 3.62. The monoisotopic (exact) mass is 310 g/mol. The Hall–Kier alpha value is -2.46. The first-order valence-electron chi connectivity index (χ1n) is 7.07. The summed E-state index contributed by atoms with van der Waals surface area (Å²) in [6, 6.07) is 19.7. The van der Waals surface area contributed by atoms with Crippen molar-refractivity contribution in [2.75, 3.05) is 13.2 Å². The maximum absolute atomic E-state index is 11.5. The van der Waals surface area contributed by atoms with Gasteiger partial charge in [-0.2, -0.15) is 0 Å². The van der Waals surface area contributed by atoms with Crippen LogP contribution >= 0.6 is 0 Å². The summed E-state index contributed by atoms with van der Waals surface area (Å²) in [7, 11) is -2.45. The van der Waals surface area contributed by atoms with Gasteiger partial charge in [0.2, 0.25) is 0 Å². The molecule has 0 heterocycles. The lowest BCUT2D eigenvalue weighted by atomic mass is 10.2. The van der Waals surface area contributed by atoms with E-state index in [0.717, 1.165) is 11.1 Å². The highest BCUT2D eigenvalue weighted by Crippen LogP contribution is 2.01. The second-order valence-electron chi connectivity index (χ2n) is 4.50. The van der Waals surface area contributed by atoms with Crippen LogP contribution in [-0.4, -0.2) is 22.4 Å². The molecule has 22 heavy (non-hydrogen) atoms. The third-order valence-electron chi connectivity index (χ3n) is 2.81. The Kier molecular flexibility index (Phi) is 6.85. The predicted molar refractivity (Wildman–Crippen MR) is 89.3 cm³/mol. The second kappa shape index (κ2) is 9.47. The molecule has 4 heteroatoms. The molecule has 0 atom stereocenters. The van der Waals surface area contributed by atoms with Crippen molar-refractivity contribution in [2.24, 2.45) is 0 Å². The molecule has 0 saturated heterocycles. The molecule has 0 fully saturated rings. The summed E-state index contributed by atoms with van der Waals surface area (Å²) in [6.07, 6.45) is 7.48. The van der Waals surface area contributed by atoms with Crippen molar-refractivity contribution in [3.05, 3.63) is 83.9 Å². The topological polar surface area (TPSA) is 35.5 Å². The molecule has 0 unspecified atom stereocenters. The van der Waals surface area contributed by atoms with Crippen LogP contribution in [0.15, 0.2) is 72.8 Å². The molecule has 0 bridgehead atoms. The van der Waals surface area contributed by atoms with Crippen LogP contribution in [-0.2, 0) is 13.3 Å². The normalized spacial score (nSPS) is 10.9. The zero-order valence-electron chi connectivity index (χ0n) is 12.2. The molecule has 3 nitrogen and oxygen atoms in total. The van der Waals surface area contributed by atoms with Gasteiger partial charge in [0.25, 0.3) is 0 Å². The zero-order valence-corrected chi connectivity index (χ0v) is 13.2. The maximum atomic E-state index is 11.5. The van der Waals surface area contributed by atoms with Crippen LogP contribution in [0.2, 0.25) is 0 Å². The largest absolute Gasteiger partial charge is 0.767 e. The Labute approximate surface area is 132 Å². The molecule has 0 aromatic heterocycles. The minimum Gasteiger partial charge on any atom is -0.493 e. The minimum atomic E-state index is -2.45. The van der Waals surface area contributed by atoms with Crippen molar-refractivity contribution in [3.63, 3.8) is 0 Å². The van der Waals surface area contributed by atoms with E-state index in [2.05, 4.69) is 0 Å². The van der Waals surface area contributed by atoms with E-state index < -0.39 is 9.17 Å². The van der Waals surface area contributed by atoms with Gasteiger partial charge in [-0.1, -0.05) is 72.8 Å². The fourth-order valence-electron chi connectivity index (χ4n) is 1.77. The van der Waals surface area contributed by atoms with Crippen molar-refractivity contribution in [2.45, 2.75) is 0 Å². The summed E-state index contributed by atoms with van der Waals surface area (Å²) in [5.74, 6) is 0. The van der Waals surface area contributed by atoms with E-state index in [1.54, 1.807) is 0 Å². The molecule has 0 radical (unpaired) electrons. The van der Waals surface area contributed by atoms with Gasteiger partial charge in [-0.15, -0.1) is 0 Å². The van der Waals surface area contributed by atoms with E-state index in [0.29, 0.717) is 0 Å². The van der Waals surface area contributed by atoms with Gasteiger partial charge in [0.05, 0.1) is 13.2 Å². The number of rotatable bonds is 8.